The smallest absolute Gasteiger partial charge is 0.435 e. The molecule has 4 fully saturated rings. The Kier molecular flexibility index (Phi) is 1.47. The summed E-state index contributed by atoms with van der Waals surface area (Å²) in [7, 11) is 0. The van der Waals surface area contributed by atoms with Gasteiger partial charge in [-0.2, -0.15) is 0 Å². The number of ketones is 1. The summed E-state index contributed by atoms with van der Waals surface area (Å²) in [6.45, 7) is 2.06. The summed E-state index contributed by atoms with van der Waals surface area (Å²) in [6, 6.07) is 0. The van der Waals surface area contributed by atoms with Crippen molar-refractivity contribution in [1.82, 2.24) is 0 Å². The van der Waals surface area contributed by atoms with Gasteiger partial charge in [-0.3, -0.25) is 4.79 Å². The predicted octanol–water partition coefficient (Wildman–Crippen LogP) is 0.993. The number of carbonyl (C=O) groups is 2. The van der Waals surface area contributed by atoms with E-state index in [1.165, 1.54) is 0 Å². The SMILES string of the molecule is CCOC(=O)OC1C2CC3C(C2=O)C31. The van der Waals surface area contributed by atoms with Crippen molar-refractivity contribution >= 4 is 11.9 Å². The van der Waals surface area contributed by atoms with Crippen LogP contribution in [0, 0.1) is 23.7 Å². The summed E-state index contributed by atoms with van der Waals surface area (Å²) in [5.74, 6) is 1.37. The average molecular weight is 196 g/mol. The first kappa shape index (κ1) is 8.26. The number of hydrogen-bond acceptors (Lipinski definition) is 4. The molecule has 0 aliphatic heterocycles. The number of ether oxygens (including phenoxy) is 2. The van der Waals surface area contributed by atoms with Crippen LogP contribution in [0.15, 0.2) is 0 Å². The van der Waals surface area contributed by atoms with E-state index in [0.717, 1.165) is 6.42 Å². The summed E-state index contributed by atoms with van der Waals surface area (Å²) < 4.78 is 9.85. The minimum Gasteiger partial charge on any atom is -0.435 e. The molecule has 5 atom stereocenters. The zero-order valence-corrected chi connectivity index (χ0v) is 7.93. The summed E-state index contributed by atoms with van der Waals surface area (Å²) in [5, 5.41) is 0. The molecular weight excluding hydrogens is 184 g/mol. The van der Waals surface area contributed by atoms with Crippen molar-refractivity contribution < 1.29 is 19.1 Å². The van der Waals surface area contributed by atoms with Crippen molar-refractivity contribution in [3.05, 3.63) is 0 Å². The summed E-state index contributed by atoms with van der Waals surface area (Å²) >= 11 is 0. The van der Waals surface area contributed by atoms with Crippen LogP contribution in [0.25, 0.3) is 0 Å². The molecule has 0 saturated heterocycles. The Morgan fingerprint density at radius 3 is 2.79 bits per heavy atom. The maximum atomic E-state index is 11.5. The van der Waals surface area contributed by atoms with Gasteiger partial charge in [0, 0.05) is 11.8 Å². The molecule has 5 unspecified atom stereocenters. The van der Waals surface area contributed by atoms with Crippen molar-refractivity contribution in [2.75, 3.05) is 6.61 Å². The largest absolute Gasteiger partial charge is 0.508 e. The van der Waals surface area contributed by atoms with Crippen molar-refractivity contribution in [3.63, 3.8) is 0 Å². The third-order valence-electron chi connectivity index (χ3n) is 3.72. The minimum atomic E-state index is -0.622. The van der Waals surface area contributed by atoms with Crippen LogP contribution in [0.2, 0.25) is 0 Å². The van der Waals surface area contributed by atoms with E-state index >= 15 is 0 Å². The molecule has 0 aromatic rings. The molecule has 4 bridgehead atoms. The zero-order chi connectivity index (χ0) is 9.87. The molecule has 4 rings (SSSR count). The minimum absolute atomic E-state index is 0.0144. The predicted molar refractivity (Wildman–Crippen MR) is 45.5 cm³/mol. The Bertz CT molecular complexity index is 311. The molecule has 0 aromatic heterocycles. The molecule has 76 valence electrons. The molecule has 14 heavy (non-hydrogen) atoms. The van der Waals surface area contributed by atoms with Gasteiger partial charge in [0.05, 0.1) is 12.5 Å². The fourth-order valence-corrected chi connectivity index (χ4v) is 3.20. The second-order valence-corrected chi connectivity index (χ2v) is 4.28. The van der Waals surface area contributed by atoms with Crippen molar-refractivity contribution in [3.8, 4) is 0 Å². The Labute approximate surface area is 81.6 Å². The lowest BCUT2D eigenvalue weighted by molar-refractivity contribution is -0.122. The lowest BCUT2D eigenvalue weighted by Gasteiger charge is -2.13. The molecule has 0 N–H and O–H groups in total. The molecule has 0 amide bonds. The van der Waals surface area contributed by atoms with Gasteiger partial charge in [-0.15, -0.1) is 0 Å². The van der Waals surface area contributed by atoms with E-state index in [0.29, 0.717) is 24.2 Å². The zero-order valence-electron chi connectivity index (χ0n) is 7.93. The fourth-order valence-electron chi connectivity index (χ4n) is 3.20. The molecule has 0 heterocycles. The molecular formula is C10H12O4. The van der Waals surface area contributed by atoms with Gasteiger partial charge in [0.25, 0.3) is 0 Å². The quantitative estimate of drug-likeness (QED) is 0.618. The molecule has 0 aromatic carbocycles. The Morgan fingerprint density at radius 1 is 1.57 bits per heavy atom. The average Bonchev–Trinajstić information content (AvgIpc) is 2.44. The highest BCUT2D eigenvalue weighted by atomic mass is 16.7. The highest BCUT2D eigenvalue weighted by Gasteiger charge is 2.75. The maximum absolute atomic E-state index is 11.5. The summed E-state index contributed by atoms with van der Waals surface area (Å²) in [5.41, 5.74) is 0. The van der Waals surface area contributed by atoms with E-state index in [2.05, 4.69) is 0 Å². The van der Waals surface area contributed by atoms with Crippen LogP contribution >= 0.6 is 0 Å². The summed E-state index contributed by atoms with van der Waals surface area (Å²) in [4.78, 5) is 22.6. The van der Waals surface area contributed by atoms with Crippen molar-refractivity contribution in [2.24, 2.45) is 23.7 Å². The van der Waals surface area contributed by atoms with Crippen LogP contribution in [0.3, 0.4) is 0 Å². The third-order valence-corrected chi connectivity index (χ3v) is 3.72. The van der Waals surface area contributed by atoms with Gasteiger partial charge in [-0.25, -0.2) is 4.79 Å². The highest BCUT2D eigenvalue weighted by Crippen LogP contribution is 2.69. The normalized spacial score (nSPS) is 46.6. The van der Waals surface area contributed by atoms with Gasteiger partial charge >= 0.3 is 6.16 Å². The first-order valence-electron chi connectivity index (χ1n) is 5.11. The van der Waals surface area contributed by atoms with Gasteiger partial charge in [-0.05, 0) is 19.3 Å². The Morgan fingerprint density at radius 2 is 2.36 bits per heavy atom. The number of hydrogen-bond donors (Lipinski definition) is 0. The van der Waals surface area contributed by atoms with Crippen LogP contribution in [0.1, 0.15) is 13.3 Å². The Balaban J connectivity index is 1.66. The maximum Gasteiger partial charge on any atom is 0.508 e. The van der Waals surface area contributed by atoms with E-state index in [9.17, 15) is 9.59 Å². The number of carbonyl (C=O) groups excluding carboxylic acids is 2. The van der Waals surface area contributed by atoms with Crippen LogP contribution < -0.4 is 0 Å². The number of Topliss-reactive ketones (excluding diaryl/α,β-unsaturated/α-hetero) is 1. The Hall–Kier alpha value is -1.06. The fraction of sp³-hybridized carbons (Fsp3) is 0.800. The number of rotatable bonds is 2. The van der Waals surface area contributed by atoms with Crippen LogP contribution in [0.4, 0.5) is 4.79 Å². The first-order valence-corrected chi connectivity index (χ1v) is 5.11. The lowest BCUT2D eigenvalue weighted by Crippen LogP contribution is -2.24. The molecule has 0 spiro atoms. The van der Waals surface area contributed by atoms with Gasteiger partial charge in [0.2, 0.25) is 0 Å². The molecule has 4 nitrogen and oxygen atoms in total. The van der Waals surface area contributed by atoms with E-state index in [-0.39, 0.29) is 17.9 Å². The molecule has 4 aliphatic rings. The molecule has 4 saturated carbocycles. The lowest BCUT2D eigenvalue weighted by atomic mass is 10.1. The van der Waals surface area contributed by atoms with E-state index in [1.807, 2.05) is 0 Å². The molecule has 0 radical (unpaired) electrons. The van der Waals surface area contributed by atoms with Gasteiger partial charge in [-0.1, -0.05) is 0 Å². The van der Waals surface area contributed by atoms with E-state index < -0.39 is 6.16 Å². The van der Waals surface area contributed by atoms with Crippen LogP contribution in [-0.2, 0) is 14.3 Å². The van der Waals surface area contributed by atoms with Gasteiger partial charge < -0.3 is 9.47 Å². The summed E-state index contributed by atoms with van der Waals surface area (Å²) in [6.07, 6.45) is 0.137. The second kappa shape index (κ2) is 2.49. The topological polar surface area (TPSA) is 52.6 Å². The van der Waals surface area contributed by atoms with Gasteiger partial charge in [0.15, 0.2) is 0 Å². The third kappa shape index (κ3) is 0.837. The molecule has 4 heteroatoms. The van der Waals surface area contributed by atoms with Gasteiger partial charge in [0.1, 0.15) is 11.9 Å². The van der Waals surface area contributed by atoms with Crippen LogP contribution in [-0.4, -0.2) is 24.6 Å². The van der Waals surface area contributed by atoms with Crippen molar-refractivity contribution in [1.29, 1.82) is 0 Å². The van der Waals surface area contributed by atoms with Crippen LogP contribution in [0.5, 0.6) is 0 Å². The standard InChI is InChI=1S/C10H12O4/c1-2-13-10(12)14-9-5-3-4-6(7(4)9)8(5)11/h4-7,9H,2-3H2,1H3. The van der Waals surface area contributed by atoms with E-state index in [1.54, 1.807) is 6.92 Å². The molecule has 4 aliphatic carbocycles. The highest BCUT2D eigenvalue weighted by molar-refractivity contribution is 5.94. The monoisotopic (exact) mass is 196 g/mol. The second-order valence-electron chi connectivity index (χ2n) is 4.28. The van der Waals surface area contributed by atoms with Crippen molar-refractivity contribution in [2.45, 2.75) is 19.4 Å². The van der Waals surface area contributed by atoms with E-state index in [4.69, 9.17) is 9.47 Å². The first-order chi connectivity index (χ1) is 6.74.